The molecule has 1 aliphatic rings. The van der Waals surface area contributed by atoms with Gasteiger partial charge in [0.05, 0.1) is 39.5 Å². The summed E-state index contributed by atoms with van der Waals surface area (Å²) in [4.78, 5) is 12.8. The normalized spacial score (nSPS) is 12.1. The first-order valence-electron chi connectivity index (χ1n) is 14.6. The van der Waals surface area contributed by atoms with Crippen molar-refractivity contribution in [3.63, 3.8) is 0 Å². The van der Waals surface area contributed by atoms with E-state index in [0.29, 0.717) is 0 Å². The second kappa shape index (κ2) is 9.37. The largest absolute Gasteiger partial charge is 0.309 e. The molecule has 2 heterocycles. The Bertz CT molecular complexity index is 2350. The highest BCUT2D eigenvalue weighted by Crippen LogP contribution is 2.52. The molecule has 43 heavy (non-hydrogen) atoms. The van der Waals surface area contributed by atoms with Crippen molar-refractivity contribution >= 4 is 49.6 Å². The number of hydrogen-bond donors (Lipinski definition) is 0. The van der Waals surface area contributed by atoms with Gasteiger partial charge in [-0.05, 0) is 52.7 Å². The molecule has 0 saturated carbocycles. The highest BCUT2D eigenvalue weighted by Gasteiger charge is 2.27. The van der Waals surface area contributed by atoms with Gasteiger partial charge in [-0.15, -0.1) is 0 Å². The zero-order chi connectivity index (χ0) is 28.3. The number of nitrogens with zero attached hydrogens (tertiary/aromatic N) is 3. The molecule has 0 spiro atoms. The van der Waals surface area contributed by atoms with E-state index < -0.39 is 0 Å². The summed E-state index contributed by atoms with van der Waals surface area (Å²) >= 11 is 0. The maximum atomic E-state index is 5.24. The van der Waals surface area contributed by atoms with Crippen LogP contribution in [-0.4, -0.2) is 9.97 Å². The molecule has 0 radical (unpaired) electrons. The summed E-state index contributed by atoms with van der Waals surface area (Å²) in [5.74, 6) is 0. The average molecular weight is 548 g/mol. The molecule has 1 aliphatic heterocycles. The Morgan fingerprint density at radius 1 is 0.372 bits per heavy atom. The summed E-state index contributed by atoms with van der Waals surface area (Å²) in [5.41, 5.74) is 11.7. The van der Waals surface area contributed by atoms with Crippen molar-refractivity contribution < 1.29 is 0 Å². The van der Waals surface area contributed by atoms with E-state index in [2.05, 4.69) is 126 Å². The quantitative estimate of drug-likeness (QED) is 0.220. The van der Waals surface area contributed by atoms with Gasteiger partial charge in [-0.2, -0.15) is 0 Å². The molecular formula is C40H25N3. The van der Waals surface area contributed by atoms with Crippen LogP contribution in [0.15, 0.2) is 152 Å². The van der Waals surface area contributed by atoms with Crippen LogP contribution >= 0.6 is 0 Å². The van der Waals surface area contributed by atoms with Crippen LogP contribution in [0.25, 0.3) is 66.2 Å². The molecule has 0 atom stereocenters. The predicted octanol–water partition coefficient (Wildman–Crippen LogP) is 10.7. The van der Waals surface area contributed by atoms with E-state index >= 15 is 0 Å². The Labute approximate surface area is 249 Å². The van der Waals surface area contributed by atoms with E-state index in [-0.39, 0.29) is 0 Å². The molecule has 200 valence electrons. The van der Waals surface area contributed by atoms with Crippen LogP contribution in [0.5, 0.6) is 0 Å². The maximum Gasteiger partial charge on any atom is 0.0979 e. The smallest absolute Gasteiger partial charge is 0.0979 e. The van der Waals surface area contributed by atoms with E-state index in [9.17, 15) is 0 Å². The first-order valence-corrected chi connectivity index (χ1v) is 14.6. The molecule has 1 aromatic heterocycles. The first-order chi connectivity index (χ1) is 21.3. The van der Waals surface area contributed by atoms with Gasteiger partial charge in [0.1, 0.15) is 0 Å². The fourth-order valence-corrected chi connectivity index (χ4v) is 6.69. The fourth-order valence-electron chi connectivity index (χ4n) is 6.69. The number of aromatic nitrogens is 2. The summed E-state index contributed by atoms with van der Waals surface area (Å²) in [6, 6.07) is 53.6. The number of hydrogen-bond acceptors (Lipinski definition) is 3. The molecular weight excluding hydrogens is 522 g/mol. The topological polar surface area (TPSA) is 29.0 Å². The van der Waals surface area contributed by atoms with Crippen molar-refractivity contribution in [1.82, 2.24) is 9.97 Å². The molecule has 0 N–H and O–H groups in total. The van der Waals surface area contributed by atoms with Crippen LogP contribution in [0.1, 0.15) is 0 Å². The van der Waals surface area contributed by atoms with Crippen molar-refractivity contribution in [3.05, 3.63) is 152 Å². The lowest BCUT2D eigenvalue weighted by Gasteiger charge is -2.34. The molecule has 0 bridgehead atoms. The molecule has 0 fully saturated rings. The van der Waals surface area contributed by atoms with E-state index in [1.165, 1.54) is 38.7 Å². The standard InChI is InChI=1S/C40H25N3/c1-2-12-27(13-3-1)39-40(42-34-21-8-7-20-33(34)41-39)32-24-25-36(29-17-5-4-16-28(29)32)43-35-22-9-6-18-30(35)31-19-10-14-26-15-11-23-37(43)38(26)31/h1-25H. The number of anilines is 3. The van der Waals surface area contributed by atoms with Crippen molar-refractivity contribution in [3.8, 4) is 33.6 Å². The second-order valence-corrected chi connectivity index (χ2v) is 11.0. The lowest BCUT2D eigenvalue weighted by atomic mass is 9.90. The van der Waals surface area contributed by atoms with E-state index in [1.807, 2.05) is 30.3 Å². The van der Waals surface area contributed by atoms with Gasteiger partial charge >= 0.3 is 0 Å². The monoisotopic (exact) mass is 547 g/mol. The zero-order valence-corrected chi connectivity index (χ0v) is 23.3. The van der Waals surface area contributed by atoms with Crippen LogP contribution in [-0.2, 0) is 0 Å². The van der Waals surface area contributed by atoms with Crippen LogP contribution in [0.4, 0.5) is 17.1 Å². The molecule has 0 unspecified atom stereocenters. The molecule has 7 aromatic carbocycles. The van der Waals surface area contributed by atoms with Crippen LogP contribution in [0, 0.1) is 0 Å². The van der Waals surface area contributed by atoms with Crippen LogP contribution < -0.4 is 4.90 Å². The van der Waals surface area contributed by atoms with Crippen molar-refractivity contribution in [2.75, 3.05) is 4.90 Å². The molecule has 0 aliphatic carbocycles. The lowest BCUT2D eigenvalue weighted by molar-refractivity contribution is 1.29. The lowest BCUT2D eigenvalue weighted by Crippen LogP contribution is -2.15. The predicted molar refractivity (Wildman–Crippen MR) is 179 cm³/mol. The van der Waals surface area contributed by atoms with Gasteiger partial charge in [0, 0.05) is 27.5 Å². The maximum absolute atomic E-state index is 5.24. The Morgan fingerprint density at radius 2 is 1.00 bits per heavy atom. The van der Waals surface area contributed by atoms with Gasteiger partial charge in [0.25, 0.3) is 0 Å². The molecule has 9 rings (SSSR count). The number of benzene rings is 7. The minimum absolute atomic E-state index is 0.888. The van der Waals surface area contributed by atoms with E-state index in [4.69, 9.17) is 9.97 Å². The SMILES string of the molecule is c1ccc(-c2nc3ccccc3nc2-c2ccc(N3c4ccccc4-c4cccc5cccc3c45)c3ccccc23)cc1. The molecule has 0 amide bonds. The van der Waals surface area contributed by atoms with Crippen molar-refractivity contribution in [2.45, 2.75) is 0 Å². The third-order valence-corrected chi connectivity index (χ3v) is 8.57. The van der Waals surface area contributed by atoms with Crippen molar-refractivity contribution in [2.24, 2.45) is 0 Å². The summed E-state index contributed by atoms with van der Waals surface area (Å²) in [5, 5.41) is 4.84. The average Bonchev–Trinajstić information content (AvgIpc) is 3.08. The zero-order valence-electron chi connectivity index (χ0n) is 23.3. The summed E-state index contributed by atoms with van der Waals surface area (Å²) < 4.78 is 0. The van der Waals surface area contributed by atoms with Crippen molar-refractivity contribution in [1.29, 1.82) is 0 Å². The van der Waals surface area contributed by atoms with Crippen LogP contribution in [0.3, 0.4) is 0 Å². The third-order valence-electron chi connectivity index (χ3n) is 8.57. The summed E-state index contributed by atoms with van der Waals surface area (Å²) in [7, 11) is 0. The fraction of sp³-hybridized carbons (Fsp3) is 0. The Hall–Kier alpha value is -5.80. The summed E-state index contributed by atoms with van der Waals surface area (Å²) in [6.45, 7) is 0. The molecule has 3 nitrogen and oxygen atoms in total. The van der Waals surface area contributed by atoms with Gasteiger partial charge in [-0.25, -0.2) is 9.97 Å². The van der Waals surface area contributed by atoms with Gasteiger partial charge in [0.2, 0.25) is 0 Å². The Balaban J connectivity index is 1.34. The summed E-state index contributed by atoms with van der Waals surface area (Å²) in [6.07, 6.45) is 0. The first kappa shape index (κ1) is 23.9. The molecule has 8 aromatic rings. The van der Waals surface area contributed by atoms with E-state index in [1.54, 1.807) is 0 Å². The number of rotatable bonds is 3. The molecule has 0 saturated heterocycles. The Morgan fingerprint density at radius 3 is 1.84 bits per heavy atom. The van der Waals surface area contributed by atoms with Gasteiger partial charge in [0.15, 0.2) is 0 Å². The van der Waals surface area contributed by atoms with Gasteiger partial charge in [-0.3, -0.25) is 0 Å². The van der Waals surface area contributed by atoms with Crippen LogP contribution in [0.2, 0.25) is 0 Å². The van der Waals surface area contributed by atoms with Gasteiger partial charge in [-0.1, -0.05) is 115 Å². The number of para-hydroxylation sites is 3. The Kier molecular flexibility index (Phi) is 5.20. The third kappa shape index (κ3) is 3.62. The highest BCUT2D eigenvalue weighted by molar-refractivity contribution is 6.17. The minimum atomic E-state index is 0.888. The second-order valence-electron chi connectivity index (χ2n) is 11.0. The molecule has 3 heteroatoms. The minimum Gasteiger partial charge on any atom is -0.309 e. The number of fused-ring (bicyclic) bond motifs is 4. The van der Waals surface area contributed by atoms with E-state index in [0.717, 1.165) is 44.6 Å². The van der Waals surface area contributed by atoms with Gasteiger partial charge < -0.3 is 4.90 Å². The highest BCUT2D eigenvalue weighted by atomic mass is 15.2.